The summed E-state index contributed by atoms with van der Waals surface area (Å²) >= 11 is 0. The number of hydrogen-bond donors (Lipinski definition) is 0. The van der Waals surface area contributed by atoms with Crippen molar-refractivity contribution in [3.8, 4) is 6.07 Å². The highest BCUT2D eigenvalue weighted by Crippen LogP contribution is 2.18. The SMILES string of the molecule is CN(CC(=O)C(C)(C)C)c1ccc(C#N)cc1. The Kier molecular flexibility index (Phi) is 3.90. The first-order chi connectivity index (χ1) is 7.84. The maximum Gasteiger partial charge on any atom is 0.157 e. The first-order valence-electron chi connectivity index (χ1n) is 5.59. The van der Waals surface area contributed by atoms with Gasteiger partial charge in [0.2, 0.25) is 0 Å². The molecular formula is C14H18N2O. The molecular weight excluding hydrogens is 212 g/mol. The van der Waals surface area contributed by atoms with Crippen LogP contribution in [0.5, 0.6) is 0 Å². The zero-order valence-electron chi connectivity index (χ0n) is 10.8. The minimum absolute atomic E-state index is 0.198. The van der Waals surface area contributed by atoms with Crippen molar-refractivity contribution in [2.45, 2.75) is 20.8 Å². The third kappa shape index (κ3) is 3.60. The van der Waals surface area contributed by atoms with Gasteiger partial charge in [-0.1, -0.05) is 20.8 Å². The maximum absolute atomic E-state index is 11.9. The number of carbonyl (C=O) groups excluding carboxylic acids is 1. The first kappa shape index (κ1) is 13.2. The quantitative estimate of drug-likeness (QED) is 0.801. The number of likely N-dealkylation sites (N-methyl/N-ethyl adjacent to an activating group) is 1. The van der Waals surface area contributed by atoms with Gasteiger partial charge < -0.3 is 4.90 Å². The van der Waals surface area contributed by atoms with Crippen LogP contribution in [0.1, 0.15) is 26.3 Å². The third-order valence-electron chi connectivity index (χ3n) is 2.65. The lowest BCUT2D eigenvalue weighted by molar-refractivity contribution is -0.124. The Balaban J connectivity index is 2.74. The van der Waals surface area contributed by atoms with Gasteiger partial charge in [0.15, 0.2) is 5.78 Å². The van der Waals surface area contributed by atoms with Gasteiger partial charge >= 0.3 is 0 Å². The molecule has 90 valence electrons. The molecule has 0 fully saturated rings. The second-order valence-corrected chi connectivity index (χ2v) is 5.19. The van der Waals surface area contributed by atoms with E-state index in [0.29, 0.717) is 12.1 Å². The molecule has 0 bridgehead atoms. The van der Waals surface area contributed by atoms with Crippen LogP contribution in [0.25, 0.3) is 0 Å². The van der Waals surface area contributed by atoms with Crippen molar-refractivity contribution in [3.05, 3.63) is 29.8 Å². The fourth-order valence-corrected chi connectivity index (χ4v) is 1.33. The number of nitrogens with zero attached hydrogens (tertiary/aromatic N) is 2. The highest BCUT2D eigenvalue weighted by atomic mass is 16.1. The van der Waals surface area contributed by atoms with Gasteiger partial charge in [0.05, 0.1) is 18.2 Å². The van der Waals surface area contributed by atoms with E-state index in [0.717, 1.165) is 5.69 Å². The normalized spacial score (nSPS) is 10.8. The number of carbonyl (C=O) groups is 1. The minimum Gasteiger partial charge on any atom is -0.367 e. The number of nitriles is 1. The Morgan fingerprint density at radius 3 is 2.24 bits per heavy atom. The molecule has 0 saturated carbocycles. The van der Waals surface area contributed by atoms with E-state index in [1.165, 1.54) is 0 Å². The van der Waals surface area contributed by atoms with Crippen LogP contribution in [0.4, 0.5) is 5.69 Å². The molecule has 1 aromatic rings. The number of rotatable bonds is 3. The van der Waals surface area contributed by atoms with Gasteiger partial charge in [0, 0.05) is 18.2 Å². The molecule has 0 aliphatic rings. The molecule has 3 heteroatoms. The summed E-state index contributed by atoms with van der Waals surface area (Å²) in [5.41, 5.74) is 1.26. The van der Waals surface area contributed by atoms with Gasteiger partial charge in [0.25, 0.3) is 0 Å². The van der Waals surface area contributed by atoms with Crippen LogP contribution in [-0.2, 0) is 4.79 Å². The zero-order valence-corrected chi connectivity index (χ0v) is 10.8. The molecule has 1 aromatic carbocycles. The van der Waals surface area contributed by atoms with Crippen molar-refractivity contribution in [1.29, 1.82) is 5.26 Å². The molecule has 0 radical (unpaired) electrons. The molecule has 0 amide bonds. The Labute approximate surface area is 103 Å². The van der Waals surface area contributed by atoms with Crippen molar-refractivity contribution in [2.75, 3.05) is 18.5 Å². The highest BCUT2D eigenvalue weighted by molar-refractivity contribution is 5.87. The summed E-state index contributed by atoms with van der Waals surface area (Å²) in [6.07, 6.45) is 0. The summed E-state index contributed by atoms with van der Waals surface area (Å²) in [4.78, 5) is 13.8. The Hall–Kier alpha value is -1.82. The molecule has 0 spiro atoms. The van der Waals surface area contributed by atoms with Crippen LogP contribution in [-0.4, -0.2) is 19.4 Å². The molecule has 1 rings (SSSR count). The highest BCUT2D eigenvalue weighted by Gasteiger charge is 2.22. The molecule has 0 heterocycles. The summed E-state index contributed by atoms with van der Waals surface area (Å²) in [7, 11) is 1.88. The van der Waals surface area contributed by atoms with Crippen molar-refractivity contribution < 1.29 is 4.79 Å². The molecule has 17 heavy (non-hydrogen) atoms. The smallest absolute Gasteiger partial charge is 0.157 e. The van der Waals surface area contributed by atoms with E-state index in [9.17, 15) is 4.79 Å². The lowest BCUT2D eigenvalue weighted by Gasteiger charge is -2.23. The second kappa shape index (κ2) is 5.01. The number of ketones is 1. The molecule has 0 aromatic heterocycles. The van der Waals surface area contributed by atoms with Gasteiger partial charge in [-0.15, -0.1) is 0 Å². The third-order valence-corrected chi connectivity index (χ3v) is 2.65. The first-order valence-corrected chi connectivity index (χ1v) is 5.59. The van der Waals surface area contributed by atoms with E-state index in [2.05, 4.69) is 6.07 Å². The summed E-state index contributed by atoms with van der Waals surface area (Å²) in [5, 5.41) is 8.70. The average molecular weight is 230 g/mol. The van der Waals surface area contributed by atoms with E-state index < -0.39 is 0 Å². The average Bonchev–Trinajstić information content (AvgIpc) is 2.27. The van der Waals surface area contributed by atoms with Crippen LogP contribution in [0.2, 0.25) is 0 Å². The van der Waals surface area contributed by atoms with Crippen molar-refractivity contribution >= 4 is 11.5 Å². The number of hydrogen-bond acceptors (Lipinski definition) is 3. The molecule has 0 atom stereocenters. The predicted molar refractivity (Wildman–Crippen MR) is 68.9 cm³/mol. The molecule has 0 saturated heterocycles. The largest absolute Gasteiger partial charge is 0.367 e. The predicted octanol–water partition coefficient (Wildman–Crippen LogP) is 2.61. The minimum atomic E-state index is -0.319. The van der Waals surface area contributed by atoms with Crippen molar-refractivity contribution in [3.63, 3.8) is 0 Å². The van der Waals surface area contributed by atoms with Crippen LogP contribution < -0.4 is 4.90 Å². The number of benzene rings is 1. The van der Waals surface area contributed by atoms with Gasteiger partial charge in [-0.2, -0.15) is 5.26 Å². The topological polar surface area (TPSA) is 44.1 Å². The second-order valence-electron chi connectivity index (χ2n) is 5.19. The summed E-state index contributed by atoms with van der Waals surface area (Å²) in [5.74, 6) is 0.198. The molecule has 0 N–H and O–H groups in total. The van der Waals surface area contributed by atoms with Crippen LogP contribution in [0, 0.1) is 16.7 Å². The molecule has 0 aliphatic heterocycles. The summed E-state index contributed by atoms with van der Waals surface area (Å²) < 4.78 is 0. The standard InChI is InChI=1S/C14H18N2O/c1-14(2,3)13(17)10-16(4)12-7-5-11(9-15)6-8-12/h5-8H,10H2,1-4H3. The van der Waals surface area contributed by atoms with E-state index in [1.807, 2.05) is 44.9 Å². The van der Waals surface area contributed by atoms with Crippen LogP contribution in [0.15, 0.2) is 24.3 Å². The zero-order chi connectivity index (χ0) is 13.1. The monoisotopic (exact) mass is 230 g/mol. The van der Waals surface area contributed by atoms with Gasteiger partial charge in [-0.25, -0.2) is 0 Å². The fraction of sp³-hybridized carbons (Fsp3) is 0.429. The Morgan fingerprint density at radius 2 is 1.82 bits per heavy atom. The summed E-state index contributed by atoms with van der Waals surface area (Å²) in [6, 6.07) is 9.30. The van der Waals surface area contributed by atoms with Gasteiger partial charge in [-0.3, -0.25) is 4.79 Å². The van der Waals surface area contributed by atoms with Crippen molar-refractivity contribution in [1.82, 2.24) is 0 Å². The van der Waals surface area contributed by atoms with E-state index in [-0.39, 0.29) is 11.2 Å². The molecule has 0 aliphatic carbocycles. The molecule has 0 unspecified atom stereocenters. The van der Waals surface area contributed by atoms with Crippen LogP contribution >= 0.6 is 0 Å². The van der Waals surface area contributed by atoms with Gasteiger partial charge in [-0.05, 0) is 24.3 Å². The lowest BCUT2D eigenvalue weighted by Crippen LogP contribution is -2.33. The fourth-order valence-electron chi connectivity index (χ4n) is 1.33. The lowest BCUT2D eigenvalue weighted by atomic mass is 9.90. The van der Waals surface area contributed by atoms with E-state index in [1.54, 1.807) is 12.1 Å². The maximum atomic E-state index is 11.9. The number of anilines is 1. The Morgan fingerprint density at radius 1 is 1.29 bits per heavy atom. The molecule has 3 nitrogen and oxygen atoms in total. The summed E-state index contributed by atoms with van der Waals surface area (Å²) in [6.45, 7) is 6.14. The Bertz CT molecular complexity index is 435. The van der Waals surface area contributed by atoms with Crippen molar-refractivity contribution in [2.24, 2.45) is 5.41 Å². The van der Waals surface area contributed by atoms with E-state index in [4.69, 9.17) is 5.26 Å². The van der Waals surface area contributed by atoms with Crippen LogP contribution in [0.3, 0.4) is 0 Å². The van der Waals surface area contributed by atoms with Gasteiger partial charge in [0.1, 0.15) is 0 Å². The van der Waals surface area contributed by atoms with E-state index >= 15 is 0 Å². The number of Topliss-reactive ketones (excluding diaryl/α,β-unsaturated/α-hetero) is 1.